The Balaban J connectivity index is 2.13. The zero-order valence-electron chi connectivity index (χ0n) is 9.57. The standard InChI is InChI=1S/C13H18N2O/c1-9(12(14)16)7-10-3-2-4-11(8-10)13(15)5-6-13/h2-4,8-9H,5-7,15H2,1H3,(H2,14,16). The van der Waals surface area contributed by atoms with Crippen LogP contribution in [-0.2, 0) is 16.8 Å². The van der Waals surface area contributed by atoms with Gasteiger partial charge in [0.2, 0.25) is 5.91 Å². The first kappa shape index (κ1) is 11.1. The third-order valence-corrected chi connectivity index (χ3v) is 3.32. The fraction of sp³-hybridized carbons (Fsp3) is 0.462. The van der Waals surface area contributed by atoms with Crippen LogP contribution in [0, 0.1) is 5.92 Å². The van der Waals surface area contributed by atoms with Gasteiger partial charge in [-0.2, -0.15) is 0 Å². The van der Waals surface area contributed by atoms with Crippen molar-refractivity contribution in [2.45, 2.75) is 31.7 Å². The molecule has 1 aromatic carbocycles. The molecule has 1 aliphatic carbocycles. The second kappa shape index (κ2) is 3.91. The highest BCUT2D eigenvalue weighted by molar-refractivity contribution is 5.76. The highest BCUT2D eigenvalue weighted by Gasteiger charge is 2.39. The molecule has 86 valence electrons. The summed E-state index contributed by atoms with van der Waals surface area (Å²) in [6.45, 7) is 1.85. The molecule has 0 heterocycles. The second-order valence-electron chi connectivity index (χ2n) is 4.86. The van der Waals surface area contributed by atoms with Gasteiger partial charge in [0.15, 0.2) is 0 Å². The molecular formula is C13H18N2O. The molecule has 0 saturated heterocycles. The van der Waals surface area contributed by atoms with E-state index in [0.717, 1.165) is 18.4 Å². The largest absolute Gasteiger partial charge is 0.369 e. The van der Waals surface area contributed by atoms with Crippen molar-refractivity contribution in [2.24, 2.45) is 17.4 Å². The lowest BCUT2D eigenvalue weighted by Gasteiger charge is -2.12. The summed E-state index contributed by atoms with van der Waals surface area (Å²) in [5.74, 6) is -0.373. The molecule has 0 bridgehead atoms. The van der Waals surface area contributed by atoms with Gasteiger partial charge in [-0.25, -0.2) is 0 Å². The van der Waals surface area contributed by atoms with Crippen LogP contribution in [0.4, 0.5) is 0 Å². The lowest BCUT2D eigenvalue weighted by Crippen LogP contribution is -2.23. The van der Waals surface area contributed by atoms with Crippen LogP contribution in [0.2, 0.25) is 0 Å². The van der Waals surface area contributed by atoms with E-state index < -0.39 is 0 Å². The van der Waals surface area contributed by atoms with Crippen LogP contribution in [-0.4, -0.2) is 5.91 Å². The molecule has 3 heteroatoms. The molecule has 0 aromatic heterocycles. The third kappa shape index (κ3) is 2.25. The van der Waals surface area contributed by atoms with Crippen LogP contribution in [0.15, 0.2) is 24.3 Å². The van der Waals surface area contributed by atoms with E-state index in [9.17, 15) is 4.79 Å². The van der Waals surface area contributed by atoms with Gasteiger partial charge in [0, 0.05) is 11.5 Å². The number of hydrogen-bond acceptors (Lipinski definition) is 2. The maximum atomic E-state index is 11.0. The van der Waals surface area contributed by atoms with Gasteiger partial charge in [-0.3, -0.25) is 4.79 Å². The molecule has 4 N–H and O–H groups in total. The quantitative estimate of drug-likeness (QED) is 0.799. The van der Waals surface area contributed by atoms with Crippen LogP contribution in [0.5, 0.6) is 0 Å². The van der Waals surface area contributed by atoms with Gasteiger partial charge in [-0.15, -0.1) is 0 Å². The Morgan fingerprint density at radius 3 is 2.75 bits per heavy atom. The van der Waals surface area contributed by atoms with E-state index in [4.69, 9.17) is 11.5 Å². The summed E-state index contributed by atoms with van der Waals surface area (Å²) >= 11 is 0. The van der Waals surface area contributed by atoms with Gasteiger partial charge in [-0.05, 0) is 30.4 Å². The Hall–Kier alpha value is -1.35. The third-order valence-electron chi connectivity index (χ3n) is 3.32. The van der Waals surface area contributed by atoms with E-state index in [1.807, 2.05) is 19.1 Å². The Morgan fingerprint density at radius 1 is 1.50 bits per heavy atom. The number of hydrogen-bond donors (Lipinski definition) is 2. The van der Waals surface area contributed by atoms with E-state index in [1.165, 1.54) is 5.56 Å². The Morgan fingerprint density at radius 2 is 2.19 bits per heavy atom. The number of benzene rings is 1. The SMILES string of the molecule is CC(Cc1cccc(C2(N)CC2)c1)C(N)=O. The van der Waals surface area contributed by atoms with E-state index in [2.05, 4.69) is 12.1 Å². The van der Waals surface area contributed by atoms with Crippen LogP contribution in [0.25, 0.3) is 0 Å². The Kier molecular flexibility index (Phi) is 2.72. The summed E-state index contributed by atoms with van der Waals surface area (Å²) in [5, 5.41) is 0. The van der Waals surface area contributed by atoms with Gasteiger partial charge >= 0.3 is 0 Å². The molecule has 1 fully saturated rings. The van der Waals surface area contributed by atoms with Crippen LogP contribution in [0.1, 0.15) is 30.9 Å². The second-order valence-corrected chi connectivity index (χ2v) is 4.86. The first-order chi connectivity index (χ1) is 7.51. The molecule has 1 aliphatic rings. The summed E-state index contributed by atoms with van der Waals surface area (Å²) in [4.78, 5) is 11.0. The summed E-state index contributed by atoms with van der Waals surface area (Å²) < 4.78 is 0. The van der Waals surface area contributed by atoms with Crippen molar-refractivity contribution in [1.82, 2.24) is 0 Å². The molecule has 0 spiro atoms. The van der Waals surface area contributed by atoms with Crippen molar-refractivity contribution in [2.75, 3.05) is 0 Å². The number of rotatable bonds is 4. The minimum absolute atomic E-state index is 0.105. The molecule has 0 radical (unpaired) electrons. The first-order valence-corrected chi connectivity index (χ1v) is 5.69. The molecule has 2 rings (SSSR count). The zero-order valence-corrected chi connectivity index (χ0v) is 9.57. The normalized spacial score (nSPS) is 19.1. The van der Waals surface area contributed by atoms with E-state index >= 15 is 0 Å². The fourth-order valence-corrected chi connectivity index (χ4v) is 1.89. The predicted molar refractivity (Wildman–Crippen MR) is 63.6 cm³/mol. The van der Waals surface area contributed by atoms with Crippen molar-refractivity contribution in [3.05, 3.63) is 35.4 Å². The van der Waals surface area contributed by atoms with Crippen molar-refractivity contribution in [3.8, 4) is 0 Å². The minimum atomic E-state index is -0.251. The van der Waals surface area contributed by atoms with E-state index in [0.29, 0.717) is 6.42 Å². The van der Waals surface area contributed by atoms with Crippen LogP contribution < -0.4 is 11.5 Å². The first-order valence-electron chi connectivity index (χ1n) is 5.69. The maximum absolute atomic E-state index is 11.0. The van der Waals surface area contributed by atoms with Gasteiger partial charge in [0.25, 0.3) is 0 Å². The molecule has 1 saturated carbocycles. The number of amides is 1. The number of carbonyl (C=O) groups excluding carboxylic acids is 1. The zero-order chi connectivity index (χ0) is 11.8. The maximum Gasteiger partial charge on any atom is 0.220 e. The van der Waals surface area contributed by atoms with Crippen LogP contribution in [0.3, 0.4) is 0 Å². The molecule has 3 nitrogen and oxygen atoms in total. The molecule has 1 unspecified atom stereocenters. The average Bonchev–Trinajstić information content (AvgIpc) is 2.98. The Bertz CT molecular complexity index is 410. The molecule has 0 aliphatic heterocycles. The van der Waals surface area contributed by atoms with Gasteiger partial charge < -0.3 is 11.5 Å². The summed E-state index contributed by atoms with van der Waals surface area (Å²) in [6.07, 6.45) is 2.81. The van der Waals surface area contributed by atoms with E-state index in [1.54, 1.807) is 0 Å². The van der Waals surface area contributed by atoms with Crippen LogP contribution >= 0.6 is 0 Å². The van der Waals surface area contributed by atoms with Gasteiger partial charge in [0.1, 0.15) is 0 Å². The molecular weight excluding hydrogens is 200 g/mol. The lowest BCUT2D eigenvalue weighted by atomic mass is 9.96. The number of nitrogens with two attached hydrogens (primary N) is 2. The van der Waals surface area contributed by atoms with Crippen molar-refractivity contribution in [3.63, 3.8) is 0 Å². The molecule has 1 atom stereocenters. The van der Waals surface area contributed by atoms with Crippen molar-refractivity contribution >= 4 is 5.91 Å². The van der Waals surface area contributed by atoms with Crippen molar-refractivity contribution < 1.29 is 4.79 Å². The highest BCUT2D eigenvalue weighted by Crippen LogP contribution is 2.42. The fourth-order valence-electron chi connectivity index (χ4n) is 1.89. The smallest absolute Gasteiger partial charge is 0.220 e. The van der Waals surface area contributed by atoms with E-state index in [-0.39, 0.29) is 17.4 Å². The van der Waals surface area contributed by atoms with Crippen molar-refractivity contribution in [1.29, 1.82) is 0 Å². The van der Waals surface area contributed by atoms with Gasteiger partial charge in [0.05, 0.1) is 0 Å². The molecule has 16 heavy (non-hydrogen) atoms. The lowest BCUT2D eigenvalue weighted by molar-refractivity contribution is -0.121. The highest BCUT2D eigenvalue weighted by atomic mass is 16.1. The summed E-state index contributed by atoms with van der Waals surface area (Å²) in [6, 6.07) is 8.19. The Labute approximate surface area is 95.8 Å². The molecule has 1 amide bonds. The topological polar surface area (TPSA) is 69.1 Å². The average molecular weight is 218 g/mol. The summed E-state index contributed by atoms with van der Waals surface area (Å²) in [7, 11) is 0. The molecule has 1 aromatic rings. The monoisotopic (exact) mass is 218 g/mol. The minimum Gasteiger partial charge on any atom is -0.369 e. The van der Waals surface area contributed by atoms with Gasteiger partial charge in [-0.1, -0.05) is 31.2 Å². The number of primary amides is 1. The summed E-state index contributed by atoms with van der Waals surface area (Å²) in [5.41, 5.74) is 13.6. The number of carbonyl (C=O) groups is 1. The predicted octanol–water partition coefficient (Wildman–Crippen LogP) is 1.30.